The Hall–Kier alpha value is -2.94. The quantitative estimate of drug-likeness (QED) is 0.827. The van der Waals surface area contributed by atoms with Crippen LogP contribution in [0.25, 0.3) is 0 Å². The summed E-state index contributed by atoms with van der Waals surface area (Å²) >= 11 is 0. The maximum atomic E-state index is 12.3. The third kappa shape index (κ3) is 3.69. The van der Waals surface area contributed by atoms with E-state index in [9.17, 15) is 9.59 Å². The summed E-state index contributed by atoms with van der Waals surface area (Å²) in [4.78, 5) is 28.8. The van der Waals surface area contributed by atoms with Crippen molar-refractivity contribution in [2.75, 3.05) is 26.3 Å². The molecule has 0 aliphatic carbocycles. The number of amides is 2. The molecule has 0 saturated carbocycles. The first-order valence-corrected chi connectivity index (χ1v) is 7.32. The molecule has 2 amide bonds. The van der Waals surface area contributed by atoms with Gasteiger partial charge in [0.2, 0.25) is 18.1 Å². The van der Waals surface area contributed by atoms with Crippen molar-refractivity contribution in [3.63, 3.8) is 0 Å². The summed E-state index contributed by atoms with van der Waals surface area (Å²) in [6, 6.07) is 6.27. The van der Waals surface area contributed by atoms with E-state index < -0.39 is 12.0 Å². The Balaban J connectivity index is 1.53. The number of ether oxygens (including phenoxy) is 2. The highest BCUT2D eigenvalue weighted by atomic mass is 16.5. The van der Waals surface area contributed by atoms with Gasteiger partial charge < -0.3 is 24.6 Å². The highest BCUT2D eigenvalue weighted by Gasteiger charge is 2.28. The van der Waals surface area contributed by atoms with Crippen molar-refractivity contribution in [2.24, 2.45) is 5.73 Å². The van der Waals surface area contributed by atoms with Gasteiger partial charge in [-0.2, -0.15) is 4.98 Å². The maximum Gasteiger partial charge on any atom is 0.260 e. The number of primary amides is 1. The number of benzene rings is 1. The fraction of sp³-hybridized carbons (Fsp3) is 0.333. The Bertz CT molecular complexity index is 701. The first-order valence-electron chi connectivity index (χ1n) is 7.32. The largest absolute Gasteiger partial charge is 0.484 e. The van der Waals surface area contributed by atoms with E-state index in [0.29, 0.717) is 36.8 Å². The molecule has 1 atom stereocenters. The molecule has 0 bridgehead atoms. The lowest BCUT2D eigenvalue weighted by atomic mass is 10.2. The van der Waals surface area contributed by atoms with Gasteiger partial charge in [-0.15, -0.1) is 0 Å². The van der Waals surface area contributed by atoms with Gasteiger partial charge in [0, 0.05) is 12.1 Å². The van der Waals surface area contributed by atoms with Gasteiger partial charge in [-0.1, -0.05) is 5.16 Å². The molecule has 2 heterocycles. The molecular formula is C15H16N4O5. The van der Waals surface area contributed by atoms with Crippen LogP contribution in [0.5, 0.6) is 5.75 Å². The van der Waals surface area contributed by atoms with Crippen molar-refractivity contribution in [2.45, 2.75) is 6.10 Å². The van der Waals surface area contributed by atoms with E-state index in [-0.39, 0.29) is 12.5 Å². The standard InChI is InChI=1S/C15H16N4O5/c16-14(21)10-1-3-11(4-2-10)23-8-13(20)19-5-6-22-12(7-19)15-17-9-24-18-15/h1-4,9,12H,5-8H2,(H2,16,21). The van der Waals surface area contributed by atoms with Crippen molar-refractivity contribution in [3.8, 4) is 5.75 Å². The molecule has 1 aliphatic heterocycles. The fourth-order valence-corrected chi connectivity index (χ4v) is 2.30. The van der Waals surface area contributed by atoms with Crippen LogP contribution in [0.2, 0.25) is 0 Å². The van der Waals surface area contributed by atoms with Gasteiger partial charge in [-0.05, 0) is 24.3 Å². The van der Waals surface area contributed by atoms with E-state index in [1.807, 2.05) is 0 Å². The SMILES string of the molecule is NC(=O)c1ccc(OCC(=O)N2CCOC(c3ncon3)C2)cc1. The second-order valence-corrected chi connectivity index (χ2v) is 5.17. The van der Waals surface area contributed by atoms with Gasteiger partial charge in [0.05, 0.1) is 13.2 Å². The zero-order valence-corrected chi connectivity index (χ0v) is 12.8. The summed E-state index contributed by atoms with van der Waals surface area (Å²) in [5, 5.41) is 3.73. The molecule has 1 fully saturated rings. The normalized spacial score (nSPS) is 17.5. The number of rotatable bonds is 5. The van der Waals surface area contributed by atoms with Crippen molar-refractivity contribution in [3.05, 3.63) is 42.0 Å². The topological polar surface area (TPSA) is 121 Å². The van der Waals surface area contributed by atoms with Crippen LogP contribution in [0.1, 0.15) is 22.3 Å². The lowest BCUT2D eigenvalue weighted by Crippen LogP contribution is -2.44. The molecule has 9 nitrogen and oxygen atoms in total. The van der Waals surface area contributed by atoms with Gasteiger partial charge in [0.1, 0.15) is 11.9 Å². The van der Waals surface area contributed by atoms with Crippen LogP contribution in [0.3, 0.4) is 0 Å². The number of carbonyl (C=O) groups is 2. The summed E-state index contributed by atoms with van der Waals surface area (Å²) in [7, 11) is 0. The Morgan fingerprint density at radius 3 is 2.79 bits per heavy atom. The number of morpholine rings is 1. The lowest BCUT2D eigenvalue weighted by molar-refractivity contribution is -0.141. The zero-order chi connectivity index (χ0) is 16.9. The van der Waals surface area contributed by atoms with Crippen molar-refractivity contribution >= 4 is 11.8 Å². The van der Waals surface area contributed by atoms with Crippen LogP contribution >= 0.6 is 0 Å². The van der Waals surface area contributed by atoms with Crippen LogP contribution < -0.4 is 10.5 Å². The fourth-order valence-electron chi connectivity index (χ4n) is 2.30. The molecule has 9 heteroatoms. The van der Waals surface area contributed by atoms with Gasteiger partial charge in [0.15, 0.2) is 6.61 Å². The van der Waals surface area contributed by atoms with E-state index in [1.54, 1.807) is 29.2 Å². The minimum absolute atomic E-state index is 0.116. The summed E-state index contributed by atoms with van der Waals surface area (Å²) in [6.07, 6.45) is 0.814. The minimum Gasteiger partial charge on any atom is -0.484 e. The Morgan fingerprint density at radius 2 is 2.12 bits per heavy atom. The molecule has 0 spiro atoms. The lowest BCUT2D eigenvalue weighted by Gasteiger charge is -2.31. The highest BCUT2D eigenvalue weighted by molar-refractivity contribution is 5.92. The average Bonchev–Trinajstić information content (AvgIpc) is 3.15. The Morgan fingerprint density at radius 1 is 1.33 bits per heavy atom. The molecule has 0 radical (unpaired) electrons. The van der Waals surface area contributed by atoms with Crippen LogP contribution in [-0.2, 0) is 9.53 Å². The van der Waals surface area contributed by atoms with E-state index in [2.05, 4.69) is 10.1 Å². The highest BCUT2D eigenvalue weighted by Crippen LogP contribution is 2.19. The first-order chi connectivity index (χ1) is 11.6. The Kier molecular flexibility index (Phi) is 4.71. The van der Waals surface area contributed by atoms with Crippen LogP contribution in [-0.4, -0.2) is 53.2 Å². The number of nitrogens with two attached hydrogens (primary N) is 1. The van der Waals surface area contributed by atoms with Crippen molar-refractivity contribution < 1.29 is 23.6 Å². The third-order valence-electron chi connectivity index (χ3n) is 3.59. The zero-order valence-electron chi connectivity index (χ0n) is 12.8. The minimum atomic E-state index is -0.515. The molecule has 2 aromatic rings. The molecule has 1 unspecified atom stereocenters. The van der Waals surface area contributed by atoms with Crippen LogP contribution in [0, 0.1) is 0 Å². The monoisotopic (exact) mass is 332 g/mol. The van der Waals surface area contributed by atoms with E-state index in [1.165, 1.54) is 6.39 Å². The molecule has 1 saturated heterocycles. The van der Waals surface area contributed by atoms with Gasteiger partial charge >= 0.3 is 0 Å². The molecule has 2 N–H and O–H groups in total. The van der Waals surface area contributed by atoms with Crippen molar-refractivity contribution in [1.29, 1.82) is 0 Å². The average molecular weight is 332 g/mol. The Labute approximate surface area is 137 Å². The summed E-state index contributed by atoms with van der Waals surface area (Å²) in [6.45, 7) is 1.08. The smallest absolute Gasteiger partial charge is 0.260 e. The summed E-state index contributed by atoms with van der Waals surface area (Å²) in [5.74, 6) is 0.205. The number of carbonyl (C=O) groups excluding carboxylic acids is 2. The second kappa shape index (κ2) is 7.09. The predicted octanol–water partition coefficient (Wildman–Crippen LogP) is 0.147. The number of hydrogen-bond acceptors (Lipinski definition) is 7. The molecule has 1 aliphatic rings. The number of nitrogens with zero attached hydrogens (tertiary/aromatic N) is 3. The molecule has 126 valence electrons. The van der Waals surface area contributed by atoms with E-state index >= 15 is 0 Å². The number of aromatic nitrogens is 2. The molecule has 1 aromatic carbocycles. The van der Waals surface area contributed by atoms with E-state index in [4.69, 9.17) is 19.7 Å². The van der Waals surface area contributed by atoms with Gasteiger partial charge in [-0.25, -0.2) is 0 Å². The summed E-state index contributed by atoms with van der Waals surface area (Å²) < 4.78 is 15.7. The molecule has 1 aromatic heterocycles. The van der Waals surface area contributed by atoms with Crippen LogP contribution in [0.4, 0.5) is 0 Å². The molecule has 24 heavy (non-hydrogen) atoms. The third-order valence-corrected chi connectivity index (χ3v) is 3.59. The van der Waals surface area contributed by atoms with Crippen molar-refractivity contribution in [1.82, 2.24) is 15.0 Å². The molecular weight excluding hydrogens is 316 g/mol. The number of hydrogen-bond donors (Lipinski definition) is 1. The maximum absolute atomic E-state index is 12.3. The van der Waals surface area contributed by atoms with Gasteiger partial charge in [-0.3, -0.25) is 9.59 Å². The van der Waals surface area contributed by atoms with E-state index in [0.717, 1.165) is 0 Å². The van der Waals surface area contributed by atoms with Crippen LogP contribution in [0.15, 0.2) is 35.2 Å². The molecule has 3 rings (SSSR count). The van der Waals surface area contributed by atoms with Gasteiger partial charge in [0.25, 0.3) is 5.91 Å². The second-order valence-electron chi connectivity index (χ2n) is 5.17. The summed E-state index contributed by atoms with van der Waals surface area (Å²) in [5.41, 5.74) is 5.55. The first kappa shape index (κ1) is 15.9. The predicted molar refractivity (Wildman–Crippen MR) is 80.0 cm³/mol.